The summed E-state index contributed by atoms with van der Waals surface area (Å²) in [7, 11) is 0. The zero-order valence-corrected chi connectivity index (χ0v) is 16.4. The maximum atomic E-state index is 12.9. The lowest BCUT2D eigenvalue weighted by molar-refractivity contribution is -0.384. The van der Waals surface area contributed by atoms with Gasteiger partial charge in [0.25, 0.3) is 17.5 Å². The Morgan fingerprint density at radius 2 is 1.69 bits per heavy atom. The number of hydrogen-bond acceptors (Lipinski definition) is 6. The quantitative estimate of drug-likeness (QED) is 0.260. The van der Waals surface area contributed by atoms with Crippen molar-refractivity contribution in [3.05, 3.63) is 51.6 Å². The second kappa shape index (κ2) is 9.58. The van der Waals surface area contributed by atoms with Crippen molar-refractivity contribution in [3.8, 4) is 0 Å². The molecule has 2 aromatic rings. The van der Waals surface area contributed by atoms with Crippen LogP contribution in [0.15, 0.2) is 30.3 Å². The Morgan fingerprint density at radius 1 is 0.966 bits per heavy atom. The molecule has 8 heteroatoms. The van der Waals surface area contributed by atoms with Gasteiger partial charge in [0.05, 0.1) is 10.5 Å². The summed E-state index contributed by atoms with van der Waals surface area (Å²) in [5.74, 6) is -0.781. The molecule has 0 atom stereocenters. The number of benzene rings is 2. The number of nitrogens with zero attached hydrogens (tertiary/aromatic N) is 2. The number of nitrogens with two attached hydrogens (primary N) is 1. The zero-order valence-electron chi connectivity index (χ0n) is 16.4. The van der Waals surface area contributed by atoms with Crippen LogP contribution in [0, 0.1) is 10.1 Å². The Morgan fingerprint density at radius 3 is 2.45 bits per heavy atom. The lowest BCUT2D eigenvalue weighted by atomic mass is 9.93. The van der Waals surface area contributed by atoms with Gasteiger partial charge < -0.3 is 11.1 Å². The predicted octanol–water partition coefficient (Wildman–Crippen LogP) is 2.84. The Kier molecular flexibility index (Phi) is 6.90. The second-order valence-electron chi connectivity index (χ2n) is 7.22. The third kappa shape index (κ3) is 4.60. The molecular formula is C21H26N4O4. The largest absolute Gasteiger partial charge is 0.330 e. The molecule has 1 aliphatic heterocycles. The summed E-state index contributed by atoms with van der Waals surface area (Å²) in [5, 5.41) is 15.6. The molecule has 8 nitrogen and oxygen atoms in total. The number of nitro benzene ring substituents is 1. The van der Waals surface area contributed by atoms with Crippen molar-refractivity contribution in [1.82, 2.24) is 10.2 Å². The van der Waals surface area contributed by atoms with Gasteiger partial charge in [0, 0.05) is 29.6 Å². The van der Waals surface area contributed by atoms with E-state index in [1.54, 1.807) is 18.2 Å². The topological polar surface area (TPSA) is 119 Å². The Balaban J connectivity index is 1.64. The zero-order chi connectivity index (χ0) is 20.8. The SMILES string of the molecule is NCCCNCCCCCCN1C(=O)c2cccc3cc([N+](=O)[O-])cc(c23)C1=O. The first-order chi connectivity index (χ1) is 14.0. The molecule has 0 radical (unpaired) electrons. The van der Waals surface area contributed by atoms with Crippen LogP contribution < -0.4 is 11.1 Å². The van der Waals surface area contributed by atoms with Crippen LogP contribution in [0.25, 0.3) is 10.8 Å². The first-order valence-electron chi connectivity index (χ1n) is 10.0. The molecule has 154 valence electrons. The van der Waals surface area contributed by atoms with Gasteiger partial charge in [-0.05, 0) is 50.3 Å². The molecule has 2 amide bonds. The van der Waals surface area contributed by atoms with Gasteiger partial charge in [0.1, 0.15) is 0 Å². The number of nitro groups is 1. The van der Waals surface area contributed by atoms with E-state index in [-0.39, 0.29) is 17.2 Å². The fourth-order valence-corrected chi connectivity index (χ4v) is 3.68. The third-order valence-electron chi connectivity index (χ3n) is 5.17. The molecule has 29 heavy (non-hydrogen) atoms. The lowest BCUT2D eigenvalue weighted by Crippen LogP contribution is -2.40. The average Bonchev–Trinajstić information content (AvgIpc) is 2.72. The van der Waals surface area contributed by atoms with E-state index in [4.69, 9.17) is 5.73 Å². The summed E-state index contributed by atoms with van der Waals surface area (Å²) < 4.78 is 0. The standard InChI is InChI=1S/C21H26N4O4/c22-9-6-11-23-10-3-1-2-4-12-24-20(26)17-8-5-7-15-13-16(25(28)29)14-18(19(15)17)21(24)27/h5,7-8,13-14,23H,1-4,6,9-12,22H2. The van der Waals surface area contributed by atoms with Gasteiger partial charge in [-0.25, -0.2) is 0 Å². The predicted molar refractivity (Wildman–Crippen MR) is 111 cm³/mol. The van der Waals surface area contributed by atoms with Gasteiger partial charge in [0.2, 0.25) is 0 Å². The molecule has 0 spiro atoms. The second-order valence-corrected chi connectivity index (χ2v) is 7.22. The highest BCUT2D eigenvalue weighted by molar-refractivity contribution is 6.25. The summed E-state index contributed by atoms with van der Waals surface area (Å²) in [6.07, 6.45) is 4.61. The molecule has 0 aromatic heterocycles. The molecule has 0 saturated heterocycles. The first-order valence-corrected chi connectivity index (χ1v) is 10.0. The fourth-order valence-electron chi connectivity index (χ4n) is 3.68. The van der Waals surface area contributed by atoms with Crippen molar-refractivity contribution in [2.45, 2.75) is 32.1 Å². The van der Waals surface area contributed by atoms with Crippen LogP contribution >= 0.6 is 0 Å². The minimum atomic E-state index is -0.516. The lowest BCUT2D eigenvalue weighted by Gasteiger charge is -2.27. The summed E-state index contributed by atoms with van der Waals surface area (Å²) in [5.41, 5.74) is 5.96. The summed E-state index contributed by atoms with van der Waals surface area (Å²) in [6, 6.07) is 7.73. The molecule has 0 fully saturated rings. The molecule has 1 aliphatic rings. The molecule has 0 unspecified atom stereocenters. The third-order valence-corrected chi connectivity index (χ3v) is 5.17. The minimum absolute atomic E-state index is 0.144. The van der Waals surface area contributed by atoms with Crippen molar-refractivity contribution in [3.63, 3.8) is 0 Å². The van der Waals surface area contributed by atoms with Crippen LogP contribution in [-0.2, 0) is 0 Å². The summed E-state index contributed by atoms with van der Waals surface area (Å²) in [4.78, 5) is 37.7. The number of amides is 2. The Bertz CT molecular complexity index is 928. The van der Waals surface area contributed by atoms with Gasteiger partial charge >= 0.3 is 0 Å². The van der Waals surface area contributed by atoms with E-state index < -0.39 is 10.8 Å². The van der Waals surface area contributed by atoms with Crippen molar-refractivity contribution in [1.29, 1.82) is 0 Å². The summed E-state index contributed by atoms with van der Waals surface area (Å²) in [6.45, 7) is 2.85. The van der Waals surface area contributed by atoms with Crippen LogP contribution in [0.3, 0.4) is 0 Å². The number of carbonyl (C=O) groups is 2. The number of imide groups is 1. The van der Waals surface area contributed by atoms with Gasteiger partial charge in [-0.1, -0.05) is 25.0 Å². The highest BCUT2D eigenvalue weighted by Gasteiger charge is 2.33. The average molecular weight is 398 g/mol. The number of unbranched alkanes of at least 4 members (excludes halogenated alkanes) is 3. The molecule has 0 aliphatic carbocycles. The van der Waals surface area contributed by atoms with E-state index in [0.717, 1.165) is 38.8 Å². The van der Waals surface area contributed by atoms with Crippen LogP contribution in [0.2, 0.25) is 0 Å². The monoisotopic (exact) mass is 398 g/mol. The molecular weight excluding hydrogens is 372 g/mol. The van der Waals surface area contributed by atoms with Crippen LogP contribution in [0.5, 0.6) is 0 Å². The highest BCUT2D eigenvalue weighted by Crippen LogP contribution is 2.33. The number of rotatable bonds is 11. The van der Waals surface area contributed by atoms with Gasteiger partial charge in [-0.2, -0.15) is 0 Å². The maximum absolute atomic E-state index is 12.9. The minimum Gasteiger partial charge on any atom is -0.330 e. The van der Waals surface area contributed by atoms with E-state index in [1.165, 1.54) is 17.0 Å². The number of hydrogen-bond donors (Lipinski definition) is 2. The van der Waals surface area contributed by atoms with E-state index in [1.807, 2.05) is 0 Å². The van der Waals surface area contributed by atoms with Crippen molar-refractivity contribution in [2.75, 3.05) is 26.2 Å². The number of non-ortho nitro benzene ring substituents is 1. The van der Waals surface area contributed by atoms with Crippen molar-refractivity contribution < 1.29 is 14.5 Å². The molecule has 3 rings (SSSR count). The molecule has 0 bridgehead atoms. The first kappa shape index (κ1) is 20.9. The summed E-state index contributed by atoms with van der Waals surface area (Å²) >= 11 is 0. The highest BCUT2D eigenvalue weighted by atomic mass is 16.6. The molecule has 3 N–H and O–H groups in total. The molecule has 1 heterocycles. The van der Waals surface area contributed by atoms with E-state index in [2.05, 4.69) is 5.32 Å². The Hall–Kier alpha value is -2.84. The van der Waals surface area contributed by atoms with Crippen molar-refractivity contribution >= 4 is 28.3 Å². The van der Waals surface area contributed by atoms with Crippen molar-refractivity contribution in [2.24, 2.45) is 5.73 Å². The number of carbonyl (C=O) groups excluding carboxylic acids is 2. The smallest absolute Gasteiger partial charge is 0.270 e. The van der Waals surface area contributed by atoms with Gasteiger partial charge in [-0.3, -0.25) is 24.6 Å². The molecule has 0 saturated carbocycles. The van der Waals surface area contributed by atoms with Crippen LogP contribution in [-0.4, -0.2) is 47.8 Å². The molecule has 2 aromatic carbocycles. The van der Waals surface area contributed by atoms with E-state index in [9.17, 15) is 19.7 Å². The van der Waals surface area contributed by atoms with E-state index in [0.29, 0.717) is 35.8 Å². The Labute approximate surface area is 169 Å². The normalized spacial score (nSPS) is 13.3. The van der Waals surface area contributed by atoms with Crippen LogP contribution in [0.1, 0.15) is 52.8 Å². The van der Waals surface area contributed by atoms with Gasteiger partial charge in [-0.15, -0.1) is 0 Å². The fraction of sp³-hybridized carbons (Fsp3) is 0.429. The number of nitrogens with one attached hydrogen (secondary N) is 1. The van der Waals surface area contributed by atoms with Gasteiger partial charge in [0.15, 0.2) is 0 Å². The van der Waals surface area contributed by atoms with E-state index >= 15 is 0 Å². The van der Waals surface area contributed by atoms with Crippen LogP contribution in [0.4, 0.5) is 5.69 Å². The maximum Gasteiger partial charge on any atom is 0.270 e.